The molecule has 2 saturated heterocycles. The Labute approximate surface area is 231 Å². The highest BCUT2D eigenvalue weighted by molar-refractivity contribution is 5.87. The molecule has 0 unspecified atom stereocenters. The zero-order valence-electron chi connectivity index (χ0n) is 23.5. The number of para-hydroxylation sites is 1. The zero-order valence-corrected chi connectivity index (χ0v) is 23.5. The summed E-state index contributed by atoms with van der Waals surface area (Å²) in [6, 6.07) is 17.8. The van der Waals surface area contributed by atoms with Crippen molar-refractivity contribution in [3.63, 3.8) is 0 Å². The lowest BCUT2D eigenvalue weighted by Gasteiger charge is -2.51. The number of rotatable bonds is 7. The summed E-state index contributed by atoms with van der Waals surface area (Å²) < 4.78 is 10.9. The van der Waals surface area contributed by atoms with Gasteiger partial charge in [0.25, 0.3) is 0 Å². The van der Waals surface area contributed by atoms with Crippen LogP contribution in [0.4, 0.5) is 0 Å². The first-order chi connectivity index (χ1) is 19.0. The van der Waals surface area contributed by atoms with E-state index in [-0.39, 0.29) is 24.1 Å². The molecule has 3 aliphatic heterocycles. The van der Waals surface area contributed by atoms with Gasteiger partial charge in [0.2, 0.25) is 0 Å². The van der Waals surface area contributed by atoms with E-state index in [0.717, 1.165) is 57.8 Å². The number of esters is 1. The van der Waals surface area contributed by atoms with Gasteiger partial charge in [-0.3, -0.25) is 14.6 Å². The average molecular weight is 531 g/mol. The molecule has 4 heterocycles. The van der Waals surface area contributed by atoms with Crippen LogP contribution in [-0.4, -0.2) is 79.3 Å². The minimum absolute atomic E-state index is 0.106. The predicted molar refractivity (Wildman–Crippen MR) is 154 cm³/mol. The van der Waals surface area contributed by atoms with Crippen molar-refractivity contribution in [3.8, 4) is 0 Å². The molecule has 2 fully saturated rings. The SMILES string of the molecule is COC(=O)[C@@H]1Cc2c([nH]c3ccccc23)[C@H]2C[C@@H](NCCN3CCOCC3)C[C@@H](c3ccc(C(C)C)cc3)N21. The van der Waals surface area contributed by atoms with Crippen LogP contribution >= 0.6 is 0 Å². The summed E-state index contributed by atoms with van der Waals surface area (Å²) in [6.07, 6.45) is 2.58. The molecule has 0 bridgehead atoms. The third kappa shape index (κ3) is 5.25. The van der Waals surface area contributed by atoms with Gasteiger partial charge in [-0.15, -0.1) is 0 Å². The molecule has 0 radical (unpaired) electrons. The lowest BCUT2D eigenvalue weighted by Crippen LogP contribution is -2.56. The number of fused-ring (bicyclic) bond motifs is 5. The number of aromatic amines is 1. The van der Waals surface area contributed by atoms with Gasteiger partial charge in [-0.1, -0.05) is 56.3 Å². The van der Waals surface area contributed by atoms with Gasteiger partial charge in [0.15, 0.2) is 0 Å². The van der Waals surface area contributed by atoms with Crippen molar-refractivity contribution >= 4 is 16.9 Å². The Balaban J connectivity index is 1.35. The maximum atomic E-state index is 13.3. The van der Waals surface area contributed by atoms with Gasteiger partial charge in [-0.25, -0.2) is 0 Å². The number of nitrogens with one attached hydrogen (secondary N) is 2. The fraction of sp³-hybridized carbons (Fsp3) is 0.531. The smallest absolute Gasteiger partial charge is 0.323 e. The molecule has 0 amide bonds. The Morgan fingerprint density at radius 2 is 1.82 bits per heavy atom. The van der Waals surface area contributed by atoms with Crippen molar-refractivity contribution in [1.29, 1.82) is 0 Å². The number of aromatic nitrogens is 1. The number of ether oxygens (including phenoxy) is 2. The fourth-order valence-electron chi connectivity index (χ4n) is 6.99. The van der Waals surface area contributed by atoms with Crippen LogP contribution in [0, 0.1) is 0 Å². The van der Waals surface area contributed by atoms with Crippen LogP contribution in [0.2, 0.25) is 0 Å². The third-order valence-corrected chi connectivity index (χ3v) is 9.10. The summed E-state index contributed by atoms with van der Waals surface area (Å²) in [7, 11) is 1.52. The number of carbonyl (C=O) groups excluding carboxylic acids is 1. The molecule has 2 aromatic carbocycles. The second kappa shape index (κ2) is 11.4. The Morgan fingerprint density at radius 3 is 2.56 bits per heavy atom. The molecule has 4 atom stereocenters. The number of morpholine rings is 1. The minimum atomic E-state index is -0.309. The monoisotopic (exact) mass is 530 g/mol. The quantitative estimate of drug-likeness (QED) is 0.437. The summed E-state index contributed by atoms with van der Waals surface area (Å²) in [5, 5.41) is 5.14. The molecular weight excluding hydrogens is 488 g/mol. The Kier molecular flexibility index (Phi) is 7.76. The second-order valence-electron chi connectivity index (χ2n) is 11.7. The first-order valence-corrected chi connectivity index (χ1v) is 14.6. The fourth-order valence-corrected chi connectivity index (χ4v) is 6.99. The van der Waals surface area contributed by atoms with E-state index >= 15 is 0 Å². The average Bonchev–Trinajstić information content (AvgIpc) is 3.35. The van der Waals surface area contributed by atoms with Gasteiger partial charge in [0.05, 0.1) is 26.4 Å². The van der Waals surface area contributed by atoms with E-state index in [1.54, 1.807) is 0 Å². The van der Waals surface area contributed by atoms with E-state index in [0.29, 0.717) is 18.4 Å². The molecule has 39 heavy (non-hydrogen) atoms. The Bertz CT molecular complexity index is 1280. The van der Waals surface area contributed by atoms with E-state index in [1.807, 2.05) is 0 Å². The van der Waals surface area contributed by atoms with E-state index in [4.69, 9.17) is 9.47 Å². The molecule has 2 N–H and O–H groups in total. The van der Waals surface area contributed by atoms with E-state index in [1.165, 1.54) is 34.9 Å². The maximum Gasteiger partial charge on any atom is 0.323 e. The molecule has 208 valence electrons. The van der Waals surface area contributed by atoms with Crippen molar-refractivity contribution in [2.45, 2.75) is 63.2 Å². The Morgan fingerprint density at radius 1 is 1.08 bits per heavy atom. The highest BCUT2D eigenvalue weighted by atomic mass is 16.5. The van der Waals surface area contributed by atoms with Crippen molar-refractivity contribution in [2.24, 2.45) is 0 Å². The van der Waals surface area contributed by atoms with Crippen LogP contribution in [0.5, 0.6) is 0 Å². The summed E-state index contributed by atoms with van der Waals surface area (Å²) >= 11 is 0. The summed E-state index contributed by atoms with van der Waals surface area (Å²) in [4.78, 5) is 22.1. The van der Waals surface area contributed by atoms with E-state index in [9.17, 15) is 4.79 Å². The molecule has 0 aliphatic carbocycles. The van der Waals surface area contributed by atoms with Gasteiger partial charge in [-0.2, -0.15) is 0 Å². The lowest BCUT2D eigenvalue weighted by atomic mass is 9.79. The number of nitrogens with zero attached hydrogens (tertiary/aromatic N) is 2. The number of hydrogen-bond acceptors (Lipinski definition) is 6. The standard InChI is InChI=1S/C32H42N4O3/c1-21(2)22-8-10-23(11-9-22)28-18-24(33-12-13-35-14-16-39-17-15-35)19-29-31-26(20-30(36(28)29)32(37)38-3)25-6-4-5-7-27(25)34-31/h4-11,21,24,28-30,33-34H,12-20H2,1-3H3/t24-,28-,29+,30-/m0/s1. The summed E-state index contributed by atoms with van der Waals surface area (Å²) in [5.74, 6) is 0.345. The Hall–Kier alpha value is -2.71. The zero-order chi connectivity index (χ0) is 26.9. The number of H-pyrrole nitrogens is 1. The van der Waals surface area contributed by atoms with Crippen molar-refractivity contribution in [1.82, 2.24) is 20.1 Å². The van der Waals surface area contributed by atoms with Gasteiger partial charge in [-0.05, 0) is 41.5 Å². The molecular formula is C32H42N4O3. The first-order valence-electron chi connectivity index (χ1n) is 14.6. The largest absolute Gasteiger partial charge is 0.468 e. The van der Waals surface area contributed by atoms with Gasteiger partial charge >= 0.3 is 5.97 Å². The molecule has 7 heteroatoms. The topological polar surface area (TPSA) is 69.8 Å². The van der Waals surface area contributed by atoms with Gasteiger partial charge in [0.1, 0.15) is 6.04 Å². The van der Waals surface area contributed by atoms with Crippen LogP contribution in [0.1, 0.15) is 67.1 Å². The number of hydrogen-bond donors (Lipinski definition) is 2. The normalized spacial score (nSPS) is 25.9. The number of piperidine rings is 1. The lowest BCUT2D eigenvalue weighted by molar-refractivity contribution is -0.152. The highest BCUT2D eigenvalue weighted by Crippen LogP contribution is 2.49. The maximum absolute atomic E-state index is 13.3. The van der Waals surface area contributed by atoms with Gasteiger partial charge < -0.3 is 19.8 Å². The van der Waals surface area contributed by atoms with Crippen molar-refractivity contribution in [3.05, 3.63) is 70.9 Å². The van der Waals surface area contributed by atoms with E-state index in [2.05, 4.69) is 82.5 Å². The van der Waals surface area contributed by atoms with Crippen molar-refractivity contribution in [2.75, 3.05) is 46.5 Å². The second-order valence-corrected chi connectivity index (χ2v) is 11.7. The highest BCUT2D eigenvalue weighted by Gasteiger charge is 2.48. The first kappa shape index (κ1) is 26.5. The summed E-state index contributed by atoms with van der Waals surface area (Å²) in [6.45, 7) is 10.1. The molecule has 7 nitrogen and oxygen atoms in total. The van der Waals surface area contributed by atoms with Crippen molar-refractivity contribution < 1.29 is 14.3 Å². The molecule has 6 rings (SSSR count). The molecule has 3 aliphatic rings. The molecule has 0 saturated carbocycles. The number of benzene rings is 2. The van der Waals surface area contributed by atoms with Gasteiger partial charge in [0, 0.05) is 61.3 Å². The number of methoxy groups -OCH3 is 1. The minimum Gasteiger partial charge on any atom is -0.468 e. The van der Waals surface area contributed by atoms with Crippen LogP contribution in [-0.2, 0) is 20.7 Å². The predicted octanol–water partition coefficient (Wildman–Crippen LogP) is 4.56. The number of carbonyl (C=O) groups is 1. The molecule has 1 aromatic heterocycles. The molecule has 0 spiro atoms. The van der Waals surface area contributed by atoms with Crippen LogP contribution in [0.25, 0.3) is 10.9 Å². The van der Waals surface area contributed by atoms with Crippen LogP contribution in [0.3, 0.4) is 0 Å². The van der Waals surface area contributed by atoms with Crippen LogP contribution < -0.4 is 5.32 Å². The molecule has 3 aromatic rings. The third-order valence-electron chi connectivity index (χ3n) is 9.10. The van der Waals surface area contributed by atoms with Crippen LogP contribution in [0.15, 0.2) is 48.5 Å². The van der Waals surface area contributed by atoms with E-state index < -0.39 is 0 Å². The summed E-state index contributed by atoms with van der Waals surface area (Å²) in [5.41, 5.74) is 6.29.